The van der Waals surface area contributed by atoms with Gasteiger partial charge in [-0.15, -0.1) is 12.4 Å². The molecule has 0 aromatic heterocycles. The van der Waals surface area contributed by atoms with Gasteiger partial charge in [-0.1, -0.05) is 6.92 Å². The molecule has 1 aromatic rings. The van der Waals surface area contributed by atoms with Crippen molar-refractivity contribution in [3.05, 3.63) is 34.1 Å². The molecule has 0 saturated carbocycles. The number of rotatable bonds is 2. The first kappa shape index (κ1) is 17.4. The fourth-order valence-corrected chi connectivity index (χ4v) is 2.90. The molecule has 1 aliphatic rings. The van der Waals surface area contributed by atoms with Gasteiger partial charge in [-0.3, -0.25) is 4.79 Å². The van der Waals surface area contributed by atoms with Gasteiger partial charge in [-0.05, 0) is 52.9 Å². The van der Waals surface area contributed by atoms with Crippen molar-refractivity contribution in [2.75, 3.05) is 13.1 Å². The highest BCUT2D eigenvalue weighted by Crippen LogP contribution is 2.25. The molecule has 3 nitrogen and oxygen atoms in total. The summed E-state index contributed by atoms with van der Waals surface area (Å²) in [6, 6.07) is 4.53. The Morgan fingerprint density at radius 3 is 2.85 bits per heavy atom. The number of benzene rings is 1. The summed E-state index contributed by atoms with van der Waals surface area (Å²) in [5.41, 5.74) is 6.16. The maximum absolute atomic E-state index is 13.5. The van der Waals surface area contributed by atoms with Crippen molar-refractivity contribution in [1.82, 2.24) is 4.90 Å². The van der Waals surface area contributed by atoms with Crippen LogP contribution in [0.25, 0.3) is 0 Å². The Bertz CT molecular complexity index is 486. The predicted molar refractivity (Wildman–Crippen MR) is 83.6 cm³/mol. The van der Waals surface area contributed by atoms with E-state index in [-0.39, 0.29) is 24.4 Å². The molecule has 1 saturated heterocycles. The van der Waals surface area contributed by atoms with Crippen molar-refractivity contribution in [2.45, 2.75) is 25.8 Å². The van der Waals surface area contributed by atoms with E-state index in [4.69, 9.17) is 5.73 Å². The number of nitrogens with zero attached hydrogens (tertiary/aromatic N) is 1. The molecule has 0 aliphatic carbocycles. The van der Waals surface area contributed by atoms with Gasteiger partial charge in [-0.25, -0.2) is 4.39 Å². The normalized spacial score (nSPS) is 22.3. The van der Waals surface area contributed by atoms with E-state index in [0.29, 0.717) is 29.0 Å². The van der Waals surface area contributed by atoms with Crippen molar-refractivity contribution in [3.8, 4) is 0 Å². The molecule has 2 unspecified atom stereocenters. The van der Waals surface area contributed by atoms with Crippen molar-refractivity contribution in [3.63, 3.8) is 0 Å². The molecule has 0 spiro atoms. The molecule has 1 heterocycles. The average Bonchev–Trinajstić information content (AvgIpc) is 2.40. The molecule has 20 heavy (non-hydrogen) atoms. The number of likely N-dealkylation sites (tertiary alicyclic amines) is 1. The SMILES string of the molecule is CC1CCCN(C(=O)c2ccc(Br)c(F)c2)C1CN.Cl. The second-order valence-electron chi connectivity index (χ2n) is 5.05. The Morgan fingerprint density at radius 2 is 2.25 bits per heavy atom. The molecule has 112 valence electrons. The number of nitrogens with two attached hydrogens (primary N) is 1. The molecule has 6 heteroatoms. The van der Waals surface area contributed by atoms with E-state index in [1.54, 1.807) is 17.0 Å². The van der Waals surface area contributed by atoms with E-state index in [2.05, 4.69) is 22.9 Å². The van der Waals surface area contributed by atoms with Gasteiger partial charge in [0.15, 0.2) is 0 Å². The zero-order chi connectivity index (χ0) is 14.0. The lowest BCUT2D eigenvalue weighted by molar-refractivity contribution is 0.0532. The lowest BCUT2D eigenvalue weighted by Gasteiger charge is -2.39. The summed E-state index contributed by atoms with van der Waals surface area (Å²) in [5, 5.41) is 0. The minimum atomic E-state index is -0.416. The third-order valence-corrected chi connectivity index (χ3v) is 4.43. The average molecular weight is 366 g/mol. The predicted octanol–water partition coefficient (Wildman–Crippen LogP) is 3.21. The number of carbonyl (C=O) groups is 1. The molecule has 1 fully saturated rings. The highest BCUT2D eigenvalue weighted by atomic mass is 79.9. The van der Waals surface area contributed by atoms with E-state index >= 15 is 0 Å². The van der Waals surface area contributed by atoms with Crippen LogP contribution in [0.4, 0.5) is 4.39 Å². The number of amides is 1. The summed E-state index contributed by atoms with van der Waals surface area (Å²) in [5.74, 6) is -0.156. The Morgan fingerprint density at radius 1 is 1.55 bits per heavy atom. The summed E-state index contributed by atoms with van der Waals surface area (Å²) < 4.78 is 13.9. The second-order valence-corrected chi connectivity index (χ2v) is 5.90. The zero-order valence-electron chi connectivity index (χ0n) is 11.3. The fraction of sp³-hybridized carbons (Fsp3) is 0.500. The monoisotopic (exact) mass is 364 g/mol. The van der Waals surface area contributed by atoms with Crippen LogP contribution >= 0.6 is 28.3 Å². The van der Waals surface area contributed by atoms with Crippen LogP contribution in [0, 0.1) is 11.7 Å². The summed E-state index contributed by atoms with van der Waals surface area (Å²) in [6.45, 7) is 3.26. The molecule has 0 bridgehead atoms. The van der Waals surface area contributed by atoms with Gasteiger partial charge in [0.2, 0.25) is 0 Å². The van der Waals surface area contributed by atoms with Crippen LogP contribution in [-0.2, 0) is 0 Å². The third kappa shape index (κ3) is 3.51. The Hall–Kier alpha value is -0.650. The molecule has 2 N–H and O–H groups in total. The molecular weight excluding hydrogens is 347 g/mol. The number of hydrogen-bond acceptors (Lipinski definition) is 2. The first-order valence-electron chi connectivity index (χ1n) is 6.50. The van der Waals surface area contributed by atoms with Crippen molar-refractivity contribution in [2.24, 2.45) is 11.7 Å². The van der Waals surface area contributed by atoms with Crippen molar-refractivity contribution >= 4 is 34.2 Å². The van der Waals surface area contributed by atoms with Crippen molar-refractivity contribution < 1.29 is 9.18 Å². The van der Waals surface area contributed by atoms with Crippen LogP contribution in [0.5, 0.6) is 0 Å². The highest BCUT2D eigenvalue weighted by molar-refractivity contribution is 9.10. The first-order chi connectivity index (χ1) is 9.04. The van der Waals surface area contributed by atoms with E-state index < -0.39 is 5.82 Å². The van der Waals surface area contributed by atoms with E-state index in [1.807, 2.05) is 0 Å². The van der Waals surface area contributed by atoms with Gasteiger partial charge >= 0.3 is 0 Å². The summed E-state index contributed by atoms with van der Waals surface area (Å²) in [4.78, 5) is 14.3. The molecule has 1 aromatic carbocycles. The van der Waals surface area contributed by atoms with Gasteiger partial charge in [-0.2, -0.15) is 0 Å². The second kappa shape index (κ2) is 7.38. The van der Waals surface area contributed by atoms with Crippen LogP contribution in [0.1, 0.15) is 30.1 Å². The number of hydrogen-bond donors (Lipinski definition) is 1. The quantitative estimate of drug-likeness (QED) is 0.875. The third-order valence-electron chi connectivity index (χ3n) is 3.78. The molecular formula is C14H19BrClFN2O. The van der Waals surface area contributed by atoms with E-state index in [1.165, 1.54) is 6.07 Å². The van der Waals surface area contributed by atoms with Crippen LogP contribution in [-0.4, -0.2) is 29.9 Å². The maximum Gasteiger partial charge on any atom is 0.254 e. The minimum Gasteiger partial charge on any atom is -0.334 e. The van der Waals surface area contributed by atoms with E-state index in [0.717, 1.165) is 12.8 Å². The molecule has 1 amide bonds. The Labute approximate surface area is 133 Å². The zero-order valence-corrected chi connectivity index (χ0v) is 13.7. The molecule has 1 aliphatic heterocycles. The Balaban J connectivity index is 0.00000200. The standard InChI is InChI=1S/C14H18BrFN2O.ClH/c1-9-3-2-6-18(13(9)8-17)14(19)10-4-5-11(15)12(16)7-10;/h4-5,7,9,13H,2-3,6,8,17H2,1H3;1H. The fourth-order valence-electron chi connectivity index (χ4n) is 2.66. The molecule has 0 radical (unpaired) electrons. The summed E-state index contributed by atoms with van der Waals surface area (Å²) in [6.07, 6.45) is 2.06. The summed E-state index contributed by atoms with van der Waals surface area (Å²) in [7, 11) is 0. The summed E-state index contributed by atoms with van der Waals surface area (Å²) >= 11 is 3.09. The highest BCUT2D eigenvalue weighted by Gasteiger charge is 2.31. The minimum absolute atomic E-state index is 0. The molecule has 2 atom stereocenters. The lowest BCUT2D eigenvalue weighted by Crippen LogP contribution is -2.51. The first-order valence-corrected chi connectivity index (χ1v) is 7.30. The van der Waals surface area contributed by atoms with Crippen LogP contribution in [0.3, 0.4) is 0 Å². The van der Waals surface area contributed by atoms with E-state index in [9.17, 15) is 9.18 Å². The Kier molecular flexibility index (Phi) is 6.43. The largest absolute Gasteiger partial charge is 0.334 e. The van der Waals surface area contributed by atoms with Crippen LogP contribution in [0.15, 0.2) is 22.7 Å². The van der Waals surface area contributed by atoms with Gasteiger partial charge in [0.05, 0.1) is 4.47 Å². The van der Waals surface area contributed by atoms with Gasteiger partial charge in [0.1, 0.15) is 5.82 Å². The maximum atomic E-state index is 13.5. The number of piperidine rings is 1. The van der Waals surface area contributed by atoms with Crippen LogP contribution in [0.2, 0.25) is 0 Å². The van der Waals surface area contributed by atoms with Gasteiger partial charge in [0, 0.05) is 24.7 Å². The molecule has 2 rings (SSSR count). The van der Waals surface area contributed by atoms with Crippen molar-refractivity contribution in [1.29, 1.82) is 0 Å². The van der Waals surface area contributed by atoms with Gasteiger partial charge < -0.3 is 10.6 Å². The van der Waals surface area contributed by atoms with Crippen LogP contribution < -0.4 is 5.73 Å². The number of carbonyl (C=O) groups excluding carboxylic acids is 1. The van der Waals surface area contributed by atoms with Gasteiger partial charge in [0.25, 0.3) is 5.91 Å². The lowest BCUT2D eigenvalue weighted by atomic mass is 9.90. The smallest absolute Gasteiger partial charge is 0.254 e. The topological polar surface area (TPSA) is 46.3 Å². The number of halogens is 3.